The van der Waals surface area contributed by atoms with Crippen molar-refractivity contribution in [2.45, 2.75) is 31.7 Å². The van der Waals surface area contributed by atoms with Gasteiger partial charge in [-0.1, -0.05) is 0 Å². The maximum absolute atomic E-state index is 12.4. The number of rotatable bonds is 6. The highest BCUT2D eigenvalue weighted by Gasteiger charge is 2.29. The lowest BCUT2D eigenvalue weighted by Crippen LogP contribution is -2.30. The molecule has 144 valence electrons. The monoisotopic (exact) mass is 378 g/mol. The SMILES string of the molecule is O=C(Nc1ccc(NC(=O)c2ccc(NC(=O)C3CC3)cc2)cc1)NC1CC1. The number of nitrogens with one attached hydrogen (secondary N) is 4. The summed E-state index contributed by atoms with van der Waals surface area (Å²) in [5, 5.41) is 11.3. The van der Waals surface area contributed by atoms with Gasteiger partial charge in [0.05, 0.1) is 0 Å². The van der Waals surface area contributed by atoms with Gasteiger partial charge in [-0.05, 0) is 74.2 Å². The van der Waals surface area contributed by atoms with Gasteiger partial charge < -0.3 is 21.3 Å². The van der Waals surface area contributed by atoms with E-state index in [4.69, 9.17) is 0 Å². The van der Waals surface area contributed by atoms with E-state index in [0.29, 0.717) is 28.7 Å². The van der Waals surface area contributed by atoms with Gasteiger partial charge in [-0.15, -0.1) is 0 Å². The summed E-state index contributed by atoms with van der Waals surface area (Å²) >= 11 is 0. The van der Waals surface area contributed by atoms with Crippen LogP contribution in [0.25, 0.3) is 0 Å². The predicted octanol–water partition coefficient (Wildman–Crippen LogP) is 3.57. The zero-order chi connectivity index (χ0) is 19.5. The molecule has 0 heterocycles. The van der Waals surface area contributed by atoms with Crippen molar-refractivity contribution in [2.24, 2.45) is 5.92 Å². The average Bonchev–Trinajstić information content (AvgIpc) is 3.58. The van der Waals surface area contributed by atoms with Crippen LogP contribution in [-0.4, -0.2) is 23.9 Å². The van der Waals surface area contributed by atoms with Crippen molar-refractivity contribution >= 4 is 34.9 Å². The third-order valence-corrected chi connectivity index (χ3v) is 4.68. The molecule has 0 bridgehead atoms. The van der Waals surface area contributed by atoms with Crippen LogP contribution in [0.1, 0.15) is 36.0 Å². The summed E-state index contributed by atoms with van der Waals surface area (Å²) in [7, 11) is 0. The molecule has 2 aromatic rings. The number of hydrogen-bond acceptors (Lipinski definition) is 3. The molecule has 0 spiro atoms. The van der Waals surface area contributed by atoms with Crippen LogP contribution >= 0.6 is 0 Å². The zero-order valence-electron chi connectivity index (χ0n) is 15.3. The minimum absolute atomic E-state index is 0.0386. The molecule has 28 heavy (non-hydrogen) atoms. The second kappa shape index (κ2) is 7.72. The van der Waals surface area contributed by atoms with Crippen molar-refractivity contribution < 1.29 is 14.4 Å². The maximum Gasteiger partial charge on any atom is 0.319 e. The van der Waals surface area contributed by atoms with Gasteiger partial charge in [0.25, 0.3) is 5.91 Å². The Balaban J connectivity index is 1.29. The summed E-state index contributed by atoms with van der Waals surface area (Å²) in [5.41, 5.74) is 2.47. The van der Waals surface area contributed by atoms with Crippen LogP contribution in [0.5, 0.6) is 0 Å². The number of hydrogen-bond donors (Lipinski definition) is 4. The third kappa shape index (κ3) is 4.88. The fraction of sp³-hybridized carbons (Fsp3) is 0.286. The van der Waals surface area contributed by atoms with Crippen molar-refractivity contribution in [1.82, 2.24) is 5.32 Å². The molecule has 4 amide bonds. The van der Waals surface area contributed by atoms with E-state index < -0.39 is 0 Å². The molecule has 4 rings (SSSR count). The van der Waals surface area contributed by atoms with Gasteiger partial charge in [-0.25, -0.2) is 4.79 Å². The van der Waals surface area contributed by atoms with Crippen LogP contribution in [0.15, 0.2) is 48.5 Å². The number of carbonyl (C=O) groups is 3. The quantitative estimate of drug-likeness (QED) is 0.618. The van der Waals surface area contributed by atoms with Crippen molar-refractivity contribution in [1.29, 1.82) is 0 Å². The molecule has 2 fully saturated rings. The Morgan fingerprint density at radius 3 is 1.79 bits per heavy atom. The molecule has 0 aliphatic heterocycles. The van der Waals surface area contributed by atoms with Gasteiger partial charge in [-0.3, -0.25) is 9.59 Å². The largest absolute Gasteiger partial charge is 0.335 e. The van der Waals surface area contributed by atoms with Gasteiger partial charge in [0.15, 0.2) is 0 Å². The molecule has 2 aromatic carbocycles. The van der Waals surface area contributed by atoms with E-state index >= 15 is 0 Å². The molecule has 2 aliphatic carbocycles. The normalized spacial score (nSPS) is 15.4. The molecule has 0 saturated heterocycles. The zero-order valence-corrected chi connectivity index (χ0v) is 15.3. The summed E-state index contributed by atoms with van der Waals surface area (Å²) in [6.07, 6.45) is 3.97. The summed E-state index contributed by atoms with van der Waals surface area (Å²) in [6.45, 7) is 0. The Hall–Kier alpha value is -3.35. The highest BCUT2D eigenvalue weighted by Crippen LogP contribution is 2.30. The molecule has 4 N–H and O–H groups in total. The van der Waals surface area contributed by atoms with Crippen LogP contribution in [-0.2, 0) is 4.79 Å². The van der Waals surface area contributed by atoms with E-state index in [-0.39, 0.29) is 23.8 Å². The Bertz CT molecular complexity index is 885. The second-order valence-corrected chi connectivity index (χ2v) is 7.25. The minimum atomic E-state index is -0.243. The topological polar surface area (TPSA) is 99.3 Å². The van der Waals surface area contributed by atoms with E-state index in [9.17, 15) is 14.4 Å². The minimum Gasteiger partial charge on any atom is -0.335 e. The molecule has 0 radical (unpaired) electrons. The Kier molecular flexibility index (Phi) is 4.97. The van der Waals surface area contributed by atoms with Gasteiger partial charge in [0.2, 0.25) is 5.91 Å². The number of urea groups is 1. The van der Waals surface area contributed by atoms with Crippen molar-refractivity contribution in [3.63, 3.8) is 0 Å². The van der Waals surface area contributed by atoms with E-state index in [1.165, 1.54) is 0 Å². The Morgan fingerprint density at radius 1 is 0.679 bits per heavy atom. The maximum atomic E-state index is 12.4. The van der Waals surface area contributed by atoms with Crippen molar-refractivity contribution in [3.05, 3.63) is 54.1 Å². The first-order valence-corrected chi connectivity index (χ1v) is 9.47. The molecule has 2 aliphatic rings. The first-order chi connectivity index (χ1) is 13.6. The summed E-state index contributed by atoms with van der Waals surface area (Å²) in [5.74, 6) is -0.0656. The van der Waals surface area contributed by atoms with E-state index in [0.717, 1.165) is 25.7 Å². The van der Waals surface area contributed by atoms with E-state index in [1.54, 1.807) is 48.5 Å². The van der Waals surface area contributed by atoms with Crippen LogP contribution < -0.4 is 21.3 Å². The molecular formula is C21H22N4O3. The van der Waals surface area contributed by atoms with Crippen LogP contribution in [0.2, 0.25) is 0 Å². The molecular weight excluding hydrogens is 356 g/mol. The summed E-state index contributed by atoms with van der Waals surface area (Å²) in [4.78, 5) is 35.9. The number of amides is 4. The summed E-state index contributed by atoms with van der Waals surface area (Å²) < 4.78 is 0. The highest BCUT2D eigenvalue weighted by atomic mass is 16.2. The van der Waals surface area contributed by atoms with Gasteiger partial charge in [-0.2, -0.15) is 0 Å². The standard InChI is InChI=1S/C21H22N4O3/c26-19(13-1-2-13)22-15-5-3-14(4-6-15)20(27)23-16-7-9-17(10-8-16)24-21(28)25-18-11-12-18/h3-10,13,18H,1-2,11-12H2,(H,22,26)(H,23,27)(H2,24,25,28). The van der Waals surface area contributed by atoms with Gasteiger partial charge >= 0.3 is 6.03 Å². The highest BCUT2D eigenvalue weighted by molar-refractivity contribution is 6.05. The molecule has 0 unspecified atom stereocenters. The van der Waals surface area contributed by atoms with Gasteiger partial charge in [0, 0.05) is 34.6 Å². The van der Waals surface area contributed by atoms with Crippen molar-refractivity contribution in [3.8, 4) is 0 Å². The second-order valence-electron chi connectivity index (χ2n) is 7.25. The molecule has 2 saturated carbocycles. The number of anilines is 3. The fourth-order valence-corrected chi connectivity index (χ4v) is 2.72. The lowest BCUT2D eigenvalue weighted by Gasteiger charge is -2.09. The lowest BCUT2D eigenvalue weighted by atomic mass is 10.2. The molecule has 7 nitrogen and oxygen atoms in total. The van der Waals surface area contributed by atoms with Crippen LogP contribution in [0.4, 0.5) is 21.9 Å². The molecule has 0 aromatic heterocycles. The van der Waals surface area contributed by atoms with Crippen LogP contribution in [0.3, 0.4) is 0 Å². The first kappa shape index (κ1) is 18.0. The number of benzene rings is 2. The molecule has 7 heteroatoms. The number of carbonyl (C=O) groups excluding carboxylic acids is 3. The van der Waals surface area contributed by atoms with E-state index in [1.807, 2.05) is 0 Å². The first-order valence-electron chi connectivity index (χ1n) is 9.47. The van der Waals surface area contributed by atoms with E-state index in [2.05, 4.69) is 21.3 Å². The third-order valence-electron chi connectivity index (χ3n) is 4.68. The Labute approximate surface area is 162 Å². The van der Waals surface area contributed by atoms with Gasteiger partial charge in [0.1, 0.15) is 0 Å². The smallest absolute Gasteiger partial charge is 0.319 e. The molecule has 0 atom stereocenters. The predicted molar refractivity (Wildman–Crippen MR) is 107 cm³/mol. The Morgan fingerprint density at radius 2 is 1.21 bits per heavy atom. The lowest BCUT2D eigenvalue weighted by molar-refractivity contribution is -0.117. The fourth-order valence-electron chi connectivity index (χ4n) is 2.72. The van der Waals surface area contributed by atoms with Crippen LogP contribution in [0, 0.1) is 5.92 Å². The summed E-state index contributed by atoms with van der Waals surface area (Å²) in [6, 6.07) is 13.8. The van der Waals surface area contributed by atoms with Crippen molar-refractivity contribution in [2.75, 3.05) is 16.0 Å². The average molecular weight is 378 g/mol.